The number of rotatable bonds is 6. The van der Waals surface area contributed by atoms with Crippen molar-refractivity contribution in [3.63, 3.8) is 0 Å². The molecule has 0 saturated carbocycles. The number of benzene rings is 3. The summed E-state index contributed by atoms with van der Waals surface area (Å²) in [6, 6.07) is 25.8. The smallest absolute Gasteiger partial charge is 0.265 e. The van der Waals surface area contributed by atoms with Crippen LogP contribution in [-0.4, -0.2) is 38.3 Å². The lowest BCUT2D eigenvalue weighted by Gasteiger charge is -2.29. The van der Waals surface area contributed by atoms with Crippen molar-refractivity contribution in [2.75, 3.05) is 36.5 Å². The molecule has 1 unspecified atom stereocenters. The molecule has 3 aromatic carbocycles. The van der Waals surface area contributed by atoms with Gasteiger partial charge in [0.05, 0.1) is 13.2 Å². The van der Waals surface area contributed by atoms with Gasteiger partial charge >= 0.3 is 0 Å². The maximum atomic E-state index is 12.6. The first-order valence-electron chi connectivity index (χ1n) is 10.2. The lowest BCUT2D eigenvalue weighted by atomic mass is 10.1. The molecule has 5 heteroatoms. The molecular formula is C25H26N2O3. The van der Waals surface area contributed by atoms with Crippen LogP contribution in [0, 0.1) is 0 Å². The molecule has 1 N–H and O–H groups in total. The van der Waals surface area contributed by atoms with Crippen LogP contribution in [0.1, 0.15) is 6.92 Å². The van der Waals surface area contributed by atoms with Crippen molar-refractivity contribution >= 4 is 17.3 Å². The molecule has 1 saturated heterocycles. The Labute approximate surface area is 177 Å². The van der Waals surface area contributed by atoms with Crippen molar-refractivity contribution in [2.45, 2.75) is 13.0 Å². The fourth-order valence-corrected chi connectivity index (χ4v) is 3.46. The van der Waals surface area contributed by atoms with Crippen molar-refractivity contribution in [3.05, 3.63) is 78.9 Å². The third kappa shape index (κ3) is 4.99. The summed E-state index contributed by atoms with van der Waals surface area (Å²) < 4.78 is 11.3. The molecule has 1 heterocycles. The minimum atomic E-state index is -0.611. The van der Waals surface area contributed by atoms with Crippen LogP contribution in [0.15, 0.2) is 78.9 Å². The minimum Gasteiger partial charge on any atom is -0.481 e. The average Bonchev–Trinajstić information content (AvgIpc) is 2.81. The van der Waals surface area contributed by atoms with Crippen molar-refractivity contribution in [3.8, 4) is 16.9 Å². The van der Waals surface area contributed by atoms with Crippen LogP contribution < -0.4 is 15.0 Å². The normalized spacial score (nSPS) is 14.8. The van der Waals surface area contributed by atoms with E-state index in [-0.39, 0.29) is 5.91 Å². The van der Waals surface area contributed by atoms with Gasteiger partial charge in [-0.1, -0.05) is 48.5 Å². The molecule has 0 aromatic heterocycles. The van der Waals surface area contributed by atoms with Crippen molar-refractivity contribution in [1.29, 1.82) is 0 Å². The number of ether oxygens (including phenoxy) is 2. The first-order valence-corrected chi connectivity index (χ1v) is 10.2. The summed E-state index contributed by atoms with van der Waals surface area (Å²) in [6.45, 7) is 4.92. The number of carbonyl (C=O) groups is 1. The number of nitrogens with zero attached hydrogens (tertiary/aromatic N) is 1. The number of hydrogen-bond acceptors (Lipinski definition) is 4. The number of amides is 1. The second kappa shape index (κ2) is 9.46. The molecule has 0 bridgehead atoms. The Morgan fingerprint density at radius 3 is 2.37 bits per heavy atom. The lowest BCUT2D eigenvalue weighted by molar-refractivity contribution is -0.122. The van der Waals surface area contributed by atoms with E-state index in [0.29, 0.717) is 5.75 Å². The Morgan fingerprint density at radius 2 is 1.63 bits per heavy atom. The Morgan fingerprint density at radius 1 is 0.933 bits per heavy atom. The molecule has 1 amide bonds. The van der Waals surface area contributed by atoms with Crippen LogP contribution in [0.25, 0.3) is 11.1 Å². The quantitative estimate of drug-likeness (QED) is 0.655. The van der Waals surface area contributed by atoms with Crippen molar-refractivity contribution in [2.24, 2.45) is 0 Å². The predicted octanol–water partition coefficient (Wildman–Crippen LogP) is 4.60. The molecule has 0 radical (unpaired) electrons. The van der Waals surface area contributed by atoms with Gasteiger partial charge in [0, 0.05) is 24.5 Å². The largest absolute Gasteiger partial charge is 0.481 e. The maximum Gasteiger partial charge on any atom is 0.265 e. The van der Waals surface area contributed by atoms with Gasteiger partial charge in [-0.15, -0.1) is 0 Å². The Bertz CT molecular complexity index is 967. The molecule has 1 aliphatic rings. The van der Waals surface area contributed by atoms with Crippen LogP contribution >= 0.6 is 0 Å². The third-order valence-corrected chi connectivity index (χ3v) is 5.13. The van der Waals surface area contributed by atoms with Crippen LogP contribution in [0.2, 0.25) is 0 Å². The zero-order valence-corrected chi connectivity index (χ0v) is 17.1. The molecule has 3 aromatic rings. The maximum absolute atomic E-state index is 12.6. The number of nitrogens with one attached hydrogen (secondary N) is 1. The summed E-state index contributed by atoms with van der Waals surface area (Å²) >= 11 is 0. The van der Waals surface area contributed by atoms with Gasteiger partial charge in [-0.25, -0.2) is 0 Å². The fraction of sp³-hybridized carbons (Fsp3) is 0.240. The van der Waals surface area contributed by atoms with E-state index in [1.807, 2.05) is 60.7 Å². The number of morpholine rings is 1. The van der Waals surface area contributed by atoms with Crippen LogP contribution in [0.3, 0.4) is 0 Å². The molecule has 4 rings (SSSR count). The van der Waals surface area contributed by atoms with Crippen LogP contribution in [-0.2, 0) is 9.53 Å². The summed E-state index contributed by atoms with van der Waals surface area (Å²) in [6.07, 6.45) is -0.611. The van der Waals surface area contributed by atoms with Gasteiger partial charge in [0.25, 0.3) is 5.91 Å². The molecule has 1 fully saturated rings. The average molecular weight is 402 g/mol. The van der Waals surface area contributed by atoms with E-state index in [4.69, 9.17) is 9.47 Å². The number of anilines is 2. The monoisotopic (exact) mass is 402 g/mol. The van der Waals surface area contributed by atoms with Gasteiger partial charge < -0.3 is 19.7 Å². The van der Waals surface area contributed by atoms with Gasteiger partial charge in [0.2, 0.25) is 0 Å². The van der Waals surface area contributed by atoms with Crippen LogP contribution in [0.4, 0.5) is 11.4 Å². The second-order valence-electron chi connectivity index (χ2n) is 7.29. The van der Waals surface area contributed by atoms with Gasteiger partial charge in [0.15, 0.2) is 6.10 Å². The lowest BCUT2D eigenvalue weighted by Crippen LogP contribution is -2.36. The first kappa shape index (κ1) is 20.0. The van der Waals surface area contributed by atoms with Gasteiger partial charge in [-0.3, -0.25) is 4.79 Å². The molecule has 30 heavy (non-hydrogen) atoms. The molecule has 1 atom stereocenters. The Kier molecular flexibility index (Phi) is 6.30. The number of carbonyl (C=O) groups excluding carboxylic acids is 1. The highest BCUT2D eigenvalue weighted by Crippen LogP contribution is 2.24. The highest BCUT2D eigenvalue weighted by Gasteiger charge is 2.16. The highest BCUT2D eigenvalue weighted by atomic mass is 16.5. The second-order valence-corrected chi connectivity index (χ2v) is 7.29. The summed E-state index contributed by atoms with van der Waals surface area (Å²) in [4.78, 5) is 14.9. The van der Waals surface area contributed by atoms with E-state index in [1.54, 1.807) is 6.92 Å². The first-order chi connectivity index (χ1) is 14.7. The third-order valence-electron chi connectivity index (χ3n) is 5.13. The van der Waals surface area contributed by atoms with Gasteiger partial charge in [0.1, 0.15) is 5.75 Å². The van der Waals surface area contributed by atoms with Crippen molar-refractivity contribution < 1.29 is 14.3 Å². The minimum absolute atomic E-state index is 0.179. The SMILES string of the molecule is CC(Oc1ccc(-c2ccccc2)cc1)C(=O)Nc1cccc(N2CCOCC2)c1. The predicted molar refractivity (Wildman–Crippen MR) is 120 cm³/mol. The Balaban J connectivity index is 1.36. The summed E-state index contributed by atoms with van der Waals surface area (Å²) in [7, 11) is 0. The molecular weight excluding hydrogens is 376 g/mol. The van der Waals surface area contributed by atoms with Crippen LogP contribution in [0.5, 0.6) is 5.75 Å². The zero-order chi connectivity index (χ0) is 20.8. The fourth-order valence-electron chi connectivity index (χ4n) is 3.46. The molecule has 1 aliphatic heterocycles. The molecule has 5 nitrogen and oxygen atoms in total. The highest BCUT2D eigenvalue weighted by molar-refractivity contribution is 5.94. The number of hydrogen-bond donors (Lipinski definition) is 1. The van der Waals surface area contributed by atoms with E-state index in [9.17, 15) is 4.79 Å². The van der Waals surface area contributed by atoms with E-state index in [2.05, 4.69) is 28.4 Å². The summed E-state index contributed by atoms with van der Waals surface area (Å²) in [5.74, 6) is 0.487. The Hall–Kier alpha value is -3.31. The van der Waals surface area contributed by atoms with E-state index in [1.165, 1.54) is 0 Å². The van der Waals surface area contributed by atoms with E-state index >= 15 is 0 Å². The van der Waals surface area contributed by atoms with Crippen molar-refractivity contribution in [1.82, 2.24) is 0 Å². The topological polar surface area (TPSA) is 50.8 Å². The molecule has 0 aliphatic carbocycles. The summed E-state index contributed by atoms with van der Waals surface area (Å²) in [5.41, 5.74) is 4.11. The van der Waals surface area contributed by atoms with Gasteiger partial charge in [-0.2, -0.15) is 0 Å². The zero-order valence-electron chi connectivity index (χ0n) is 17.1. The van der Waals surface area contributed by atoms with E-state index < -0.39 is 6.10 Å². The van der Waals surface area contributed by atoms with Gasteiger partial charge in [-0.05, 0) is 48.4 Å². The van der Waals surface area contributed by atoms with E-state index in [0.717, 1.165) is 48.8 Å². The standard InChI is InChI=1S/C25H26N2O3/c1-19(30-24-12-10-21(11-13-24)20-6-3-2-4-7-20)25(28)26-22-8-5-9-23(18-22)27-14-16-29-17-15-27/h2-13,18-19H,14-17H2,1H3,(H,26,28). The summed E-state index contributed by atoms with van der Waals surface area (Å²) in [5, 5.41) is 2.96. The molecule has 154 valence electrons. The molecule has 0 spiro atoms.